The molecular weight excluding hydrogens is 668 g/mol. The molecule has 0 spiro atoms. The molecule has 3 aromatic rings. The first-order valence-corrected chi connectivity index (χ1v) is 14.7. The van der Waals surface area contributed by atoms with E-state index in [0.29, 0.717) is 59.1 Å². The van der Waals surface area contributed by atoms with Crippen LogP contribution in [-0.4, -0.2) is 45.1 Å². The van der Waals surface area contributed by atoms with Gasteiger partial charge in [-0.25, -0.2) is 9.79 Å². The van der Waals surface area contributed by atoms with E-state index in [-0.39, 0.29) is 17.7 Å². The number of ether oxygens (including phenoxy) is 5. The molecule has 1 aliphatic rings. The highest BCUT2D eigenvalue weighted by Crippen LogP contribution is 2.41. The summed E-state index contributed by atoms with van der Waals surface area (Å²) >= 11 is 8.36. The van der Waals surface area contributed by atoms with E-state index in [4.69, 9.17) is 23.7 Å². The average molecular weight is 696 g/mol. The van der Waals surface area contributed by atoms with E-state index in [1.165, 1.54) is 23.0 Å². The summed E-state index contributed by atoms with van der Waals surface area (Å²) in [6, 6.07) is 6.32. The zero-order valence-electron chi connectivity index (χ0n) is 22.8. The van der Waals surface area contributed by atoms with Gasteiger partial charge >= 0.3 is 5.97 Å². The van der Waals surface area contributed by atoms with Crippen molar-refractivity contribution in [3.63, 3.8) is 0 Å². The van der Waals surface area contributed by atoms with Crippen LogP contribution in [0.4, 0.5) is 0 Å². The van der Waals surface area contributed by atoms with Crippen LogP contribution in [0.15, 0.2) is 54.3 Å². The Balaban J connectivity index is 1.99. The number of halogens is 2. The SMILES string of the molecule is CCOC(=O)C1=C(C)N=c2s/c(=C/c3cc(Br)c(OC)c(OC)c3)c(=O)n2[C@H]1c1cc(OC)c(OCC)cc1Br. The molecule has 1 atom stereocenters. The molecule has 2 aromatic carbocycles. The molecule has 9 nitrogen and oxygen atoms in total. The van der Waals surface area contributed by atoms with Crippen molar-refractivity contribution in [2.45, 2.75) is 26.8 Å². The molecule has 0 saturated carbocycles. The number of thiazole rings is 1. The number of nitrogens with zero attached hydrogens (tertiary/aromatic N) is 2. The summed E-state index contributed by atoms with van der Waals surface area (Å²) in [5, 5.41) is 0. The van der Waals surface area contributed by atoms with Crippen molar-refractivity contribution in [3.8, 4) is 23.0 Å². The number of carbonyl (C=O) groups excluding carboxylic acids is 1. The molecule has 2 heterocycles. The van der Waals surface area contributed by atoms with E-state index in [0.717, 1.165) is 5.56 Å². The first kappa shape index (κ1) is 29.9. The highest BCUT2D eigenvalue weighted by Gasteiger charge is 2.35. The van der Waals surface area contributed by atoms with E-state index >= 15 is 0 Å². The van der Waals surface area contributed by atoms with Crippen molar-refractivity contribution in [2.75, 3.05) is 34.5 Å². The van der Waals surface area contributed by atoms with Crippen LogP contribution < -0.4 is 33.8 Å². The number of methoxy groups -OCH3 is 3. The van der Waals surface area contributed by atoms with E-state index < -0.39 is 12.0 Å². The Bertz CT molecular complexity index is 1680. The summed E-state index contributed by atoms with van der Waals surface area (Å²) < 4.78 is 30.8. The lowest BCUT2D eigenvalue weighted by Crippen LogP contribution is -2.40. The normalized spacial score (nSPS) is 14.9. The highest BCUT2D eigenvalue weighted by atomic mass is 79.9. The zero-order chi connectivity index (χ0) is 29.1. The van der Waals surface area contributed by atoms with Gasteiger partial charge in [0.1, 0.15) is 0 Å². The van der Waals surface area contributed by atoms with Crippen LogP contribution in [0.25, 0.3) is 6.08 Å². The van der Waals surface area contributed by atoms with Gasteiger partial charge in [-0.2, -0.15) is 0 Å². The maximum atomic E-state index is 14.0. The number of esters is 1. The van der Waals surface area contributed by atoms with Crippen LogP contribution in [0.3, 0.4) is 0 Å². The second-order valence-corrected chi connectivity index (χ2v) is 11.2. The van der Waals surface area contributed by atoms with Gasteiger partial charge in [0.2, 0.25) is 0 Å². The quantitative estimate of drug-likeness (QED) is 0.298. The smallest absolute Gasteiger partial charge is 0.338 e. The molecule has 0 unspecified atom stereocenters. The minimum absolute atomic E-state index is 0.175. The summed E-state index contributed by atoms with van der Waals surface area (Å²) in [4.78, 5) is 32.3. The lowest BCUT2D eigenvalue weighted by atomic mass is 9.95. The van der Waals surface area contributed by atoms with E-state index in [1.54, 1.807) is 52.3 Å². The molecule has 0 aliphatic carbocycles. The molecule has 12 heteroatoms. The van der Waals surface area contributed by atoms with Gasteiger partial charge in [-0.15, -0.1) is 0 Å². The van der Waals surface area contributed by atoms with Crippen LogP contribution in [0, 0.1) is 0 Å². The average Bonchev–Trinajstić information content (AvgIpc) is 3.22. The summed E-state index contributed by atoms with van der Waals surface area (Å²) in [5.74, 6) is 1.51. The number of hydrogen-bond acceptors (Lipinski definition) is 9. The molecule has 1 aliphatic heterocycles. The monoisotopic (exact) mass is 694 g/mol. The number of aromatic nitrogens is 1. The molecule has 40 heavy (non-hydrogen) atoms. The van der Waals surface area contributed by atoms with Crippen molar-refractivity contribution < 1.29 is 28.5 Å². The fourth-order valence-electron chi connectivity index (χ4n) is 4.45. The minimum Gasteiger partial charge on any atom is -0.493 e. The van der Waals surface area contributed by atoms with E-state index in [1.807, 2.05) is 13.0 Å². The van der Waals surface area contributed by atoms with Crippen LogP contribution in [0.2, 0.25) is 0 Å². The fraction of sp³-hybridized carbons (Fsp3) is 0.321. The maximum absolute atomic E-state index is 14.0. The Hall–Kier alpha value is -3.09. The Kier molecular flexibility index (Phi) is 9.42. The summed E-state index contributed by atoms with van der Waals surface area (Å²) in [6.45, 7) is 5.96. The van der Waals surface area contributed by atoms with Gasteiger partial charge in [-0.05, 0) is 78.2 Å². The van der Waals surface area contributed by atoms with Gasteiger partial charge in [0.05, 0.1) is 60.9 Å². The van der Waals surface area contributed by atoms with Crippen molar-refractivity contribution >= 4 is 55.2 Å². The summed E-state index contributed by atoms with van der Waals surface area (Å²) in [7, 11) is 4.64. The number of benzene rings is 2. The van der Waals surface area contributed by atoms with Gasteiger partial charge < -0.3 is 23.7 Å². The van der Waals surface area contributed by atoms with Gasteiger partial charge in [-0.1, -0.05) is 27.3 Å². The topological polar surface area (TPSA) is 97.6 Å². The van der Waals surface area contributed by atoms with Gasteiger partial charge in [0.15, 0.2) is 27.8 Å². The molecule has 212 valence electrons. The molecule has 0 bridgehead atoms. The lowest BCUT2D eigenvalue weighted by Gasteiger charge is -2.26. The second kappa shape index (κ2) is 12.6. The maximum Gasteiger partial charge on any atom is 0.338 e. The lowest BCUT2D eigenvalue weighted by molar-refractivity contribution is -0.139. The number of hydrogen-bond donors (Lipinski definition) is 0. The van der Waals surface area contributed by atoms with Gasteiger partial charge in [0, 0.05) is 4.47 Å². The van der Waals surface area contributed by atoms with E-state index in [2.05, 4.69) is 36.9 Å². The highest BCUT2D eigenvalue weighted by molar-refractivity contribution is 9.10. The predicted octanol–water partition coefficient (Wildman–Crippen LogP) is 4.75. The fourth-order valence-corrected chi connectivity index (χ4v) is 6.65. The predicted molar refractivity (Wildman–Crippen MR) is 160 cm³/mol. The van der Waals surface area contributed by atoms with Crippen LogP contribution in [0.1, 0.15) is 37.9 Å². The number of rotatable bonds is 9. The first-order chi connectivity index (χ1) is 19.2. The van der Waals surface area contributed by atoms with Crippen molar-refractivity contribution in [3.05, 3.63) is 75.3 Å². The van der Waals surface area contributed by atoms with Crippen LogP contribution in [0.5, 0.6) is 23.0 Å². The Morgan fingerprint density at radius 2 is 1.73 bits per heavy atom. The second-order valence-electron chi connectivity index (χ2n) is 8.50. The summed E-state index contributed by atoms with van der Waals surface area (Å²) in [5.41, 5.74) is 1.76. The van der Waals surface area contributed by atoms with Gasteiger partial charge in [0.25, 0.3) is 5.56 Å². The van der Waals surface area contributed by atoms with Crippen LogP contribution >= 0.6 is 43.2 Å². The zero-order valence-corrected chi connectivity index (χ0v) is 26.8. The molecule has 0 fully saturated rings. The van der Waals surface area contributed by atoms with Crippen molar-refractivity contribution in [1.29, 1.82) is 0 Å². The third kappa shape index (κ3) is 5.57. The Labute approximate surface area is 251 Å². The van der Waals surface area contributed by atoms with Gasteiger partial charge in [-0.3, -0.25) is 9.36 Å². The van der Waals surface area contributed by atoms with Crippen molar-refractivity contribution in [1.82, 2.24) is 4.57 Å². The molecule has 0 N–H and O–H groups in total. The van der Waals surface area contributed by atoms with Crippen molar-refractivity contribution in [2.24, 2.45) is 4.99 Å². The molecule has 0 saturated heterocycles. The number of allylic oxidation sites excluding steroid dienone is 1. The third-order valence-corrected chi connectivity index (χ3v) is 8.41. The first-order valence-electron chi connectivity index (χ1n) is 12.3. The van der Waals surface area contributed by atoms with E-state index in [9.17, 15) is 9.59 Å². The molecular formula is C28H28Br2N2O7S. The Morgan fingerprint density at radius 1 is 1.00 bits per heavy atom. The summed E-state index contributed by atoms with van der Waals surface area (Å²) in [6.07, 6.45) is 1.75. The molecule has 1 aromatic heterocycles. The Morgan fingerprint density at radius 3 is 2.35 bits per heavy atom. The number of carbonyl (C=O) groups is 1. The largest absolute Gasteiger partial charge is 0.493 e. The minimum atomic E-state index is -0.825. The molecule has 0 amide bonds. The third-order valence-electron chi connectivity index (χ3n) is 6.15. The number of fused-ring (bicyclic) bond motifs is 1. The molecule has 4 rings (SSSR count). The standard InChI is InChI=1S/C28H28Br2N2O7S/c1-7-38-20-13-17(29)16(12-19(20)35-4)24-23(27(34)39-8-2)14(3)31-28-32(24)26(33)22(40-28)11-15-9-18(30)25(37-6)21(10-15)36-5/h9-13,24H,7-8H2,1-6H3/b22-11+/t24-/m0/s1. The van der Waals surface area contributed by atoms with Crippen LogP contribution in [-0.2, 0) is 9.53 Å². The molecule has 0 radical (unpaired) electrons.